The number of nitrogens with zero attached hydrogens (tertiary/aromatic N) is 3. The van der Waals surface area contributed by atoms with Crippen LogP contribution in [0.25, 0.3) is 5.69 Å². The van der Waals surface area contributed by atoms with Crippen molar-refractivity contribution in [3.05, 3.63) is 60.1 Å². The number of thioether (sulfide) groups is 1. The number of furan rings is 1. The topological polar surface area (TPSA) is 77.4 Å². The highest BCUT2D eigenvalue weighted by Crippen LogP contribution is 2.24. The number of hydrogen-bond donors (Lipinski definition) is 2. The van der Waals surface area contributed by atoms with Crippen LogP contribution in [0.5, 0.6) is 0 Å². The molecule has 3 rings (SSSR count). The second-order valence-corrected chi connectivity index (χ2v) is 7.54. The molecule has 2 aromatic heterocycles. The van der Waals surface area contributed by atoms with E-state index in [1.807, 2.05) is 25.6 Å². The molecule has 0 unspecified atom stereocenters. The normalized spacial score (nSPS) is 12.3. The lowest BCUT2D eigenvalue weighted by Gasteiger charge is -2.18. The number of rotatable bonds is 8. The number of carbonyl (C=O) groups is 1. The Morgan fingerprint density at radius 2 is 2.04 bits per heavy atom. The van der Waals surface area contributed by atoms with Gasteiger partial charge >= 0.3 is 0 Å². The van der Waals surface area contributed by atoms with E-state index in [0.29, 0.717) is 17.5 Å². The van der Waals surface area contributed by atoms with Crippen molar-refractivity contribution < 1.29 is 18.5 Å². The minimum Gasteiger partial charge on any atom is -0.467 e. The highest BCUT2D eigenvalue weighted by Gasteiger charge is 2.23. The molecule has 1 atom stereocenters. The third-order valence-electron chi connectivity index (χ3n) is 4.37. The van der Waals surface area contributed by atoms with Crippen molar-refractivity contribution in [1.82, 2.24) is 20.1 Å². The van der Waals surface area contributed by atoms with Crippen LogP contribution < -0.4 is 10.2 Å². The third-order valence-corrected chi connectivity index (χ3v) is 5.30. The standard InChI is InChI=1S/C19H22FN5O2S/c1-13(24(2)3)18-22-23-19(25(18)15-8-6-14(20)7-9-15)28-12-17(26)21-11-16-5-4-10-27-16/h4-10,13H,11-12H2,1-3H3,(H,21,26)/p+1/t13-/m0/s1. The zero-order chi connectivity index (χ0) is 20.1. The maximum absolute atomic E-state index is 13.4. The van der Waals surface area contributed by atoms with Crippen LogP contribution in [0, 0.1) is 5.82 Å². The van der Waals surface area contributed by atoms with E-state index < -0.39 is 0 Å². The molecule has 1 aromatic carbocycles. The SMILES string of the molecule is C[C@@H](c1nnc(SCC(=O)NCc2ccco2)n1-c1ccc(F)cc1)[NH+](C)C. The van der Waals surface area contributed by atoms with Gasteiger partial charge in [0.2, 0.25) is 5.91 Å². The van der Waals surface area contributed by atoms with Crippen LogP contribution in [0.3, 0.4) is 0 Å². The zero-order valence-corrected chi connectivity index (χ0v) is 16.8. The lowest BCUT2D eigenvalue weighted by molar-refractivity contribution is -0.890. The fraction of sp³-hybridized carbons (Fsp3) is 0.316. The van der Waals surface area contributed by atoms with E-state index in [0.717, 1.165) is 11.5 Å². The third kappa shape index (κ3) is 4.79. The first-order valence-corrected chi connectivity index (χ1v) is 9.87. The summed E-state index contributed by atoms with van der Waals surface area (Å²) in [5.41, 5.74) is 0.757. The highest BCUT2D eigenvalue weighted by molar-refractivity contribution is 7.99. The largest absolute Gasteiger partial charge is 0.467 e. The summed E-state index contributed by atoms with van der Waals surface area (Å²) in [5.74, 6) is 1.19. The van der Waals surface area contributed by atoms with Crippen LogP contribution in [0.1, 0.15) is 24.6 Å². The van der Waals surface area contributed by atoms with Crippen molar-refractivity contribution in [2.45, 2.75) is 24.7 Å². The number of benzene rings is 1. The number of aromatic nitrogens is 3. The summed E-state index contributed by atoms with van der Waals surface area (Å²) in [7, 11) is 4.06. The fourth-order valence-corrected chi connectivity index (χ4v) is 3.32. The summed E-state index contributed by atoms with van der Waals surface area (Å²) in [6, 6.07) is 9.81. The van der Waals surface area contributed by atoms with Crippen molar-refractivity contribution in [2.75, 3.05) is 19.8 Å². The summed E-state index contributed by atoms with van der Waals surface area (Å²) >= 11 is 1.29. The van der Waals surface area contributed by atoms with Gasteiger partial charge in [0.15, 0.2) is 11.0 Å². The molecule has 28 heavy (non-hydrogen) atoms. The molecular formula is C19H23FN5O2S+. The molecule has 148 valence electrons. The van der Waals surface area contributed by atoms with E-state index in [9.17, 15) is 9.18 Å². The quantitative estimate of drug-likeness (QED) is 0.558. The maximum Gasteiger partial charge on any atom is 0.230 e. The molecule has 0 aliphatic heterocycles. The van der Waals surface area contributed by atoms with Gasteiger partial charge in [0.1, 0.15) is 17.6 Å². The first-order valence-electron chi connectivity index (χ1n) is 8.89. The molecule has 0 aliphatic rings. The predicted octanol–water partition coefficient (Wildman–Crippen LogP) is 1.61. The number of halogens is 1. The van der Waals surface area contributed by atoms with Crippen LogP contribution in [0.4, 0.5) is 4.39 Å². The molecule has 3 aromatic rings. The van der Waals surface area contributed by atoms with Gasteiger partial charge in [-0.2, -0.15) is 0 Å². The lowest BCUT2D eigenvalue weighted by Crippen LogP contribution is -3.05. The van der Waals surface area contributed by atoms with Gasteiger partial charge in [-0.3, -0.25) is 9.36 Å². The van der Waals surface area contributed by atoms with Gasteiger partial charge in [-0.15, -0.1) is 10.2 Å². The Morgan fingerprint density at radius 3 is 2.68 bits per heavy atom. The van der Waals surface area contributed by atoms with Gasteiger partial charge in [-0.05, 0) is 43.3 Å². The monoisotopic (exact) mass is 404 g/mol. The average Bonchev–Trinajstić information content (AvgIpc) is 3.34. The van der Waals surface area contributed by atoms with E-state index >= 15 is 0 Å². The van der Waals surface area contributed by atoms with Crippen molar-refractivity contribution in [2.24, 2.45) is 0 Å². The van der Waals surface area contributed by atoms with Crippen molar-refractivity contribution in [1.29, 1.82) is 0 Å². The van der Waals surface area contributed by atoms with Gasteiger partial charge < -0.3 is 14.6 Å². The highest BCUT2D eigenvalue weighted by atomic mass is 32.2. The smallest absolute Gasteiger partial charge is 0.230 e. The van der Waals surface area contributed by atoms with Gasteiger partial charge in [0.05, 0.1) is 32.7 Å². The average molecular weight is 404 g/mol. The minimum absolute atomic E-state index is 0.0692. The Bertz CT molecular complexity index is 909. The number of quaternary nitrogens is 1. The van der Waals surface area contributed by atoms with Gasteiger partial charge in [0, 0.05) is 5.69 Å². The van der Waals surface area contributed by atoms with Gasteiger partial charge in [-0.1, -0.05) is 11.8 Å². The van der Waals surface area contributed by atoms with Crippen LogP contribution >= 0.6 is 11.8 Å². The first kappa shape index (κ1) is 20.1. The van der Waals surface area contributed by atoms with Crippen LogP contribution in [0.15, 0.2) is 52.2 Å². The molecule has 9 heteroatoms. The second-order valence-electron chi connectivity index (χ2n) is 6.60. The molecule has 0 aliphatic carbocycles. The maximum atomic E-state index is 13.4. The van der Waals surface area contributed by atoms with Crippen molar-refractivity contribution >= 4 is 17.7 Å². The summed E-state index contributed by atoms with van der Waals surface area (Å²) < 4.78 is 20.4. The number of nitrogens with one attached hydrogen (secondary N) is 2. The number of carbonyl (C=O) groups excluding carboxylic acids is 1. The first-order chi connectivity index (χ1) is 13.5. The molecule has 0 bridgehead atoms. The second kappa shape index (κ2) is 9.03. The molecule has 0 saturated heterocycles. The molecule has 1 amide bonds. The molecule has 0 saturated carbocycles. The van der Waals surface area contributed by atoms with Gasteiger partial charge in [0.25, 0.3) is 0 Å². The summed E-state index contributed by atoms with van der Waals surface area (Å²) in [6.45, 7) is 2.38. The zero-order valence-electron chi connectivity index (χ0n) is 16.0. The van der Waals surface area contributed by atoms with Crippen molar-refractivity contribution in [3.63, 3.8) is 0 Å². The van der Waals surface area contributed by atoms with Crippen molar-refractivity contribution in [3.8, 4) is 5.69 Å². The van der Waals surface area contributed by atoms with Crippen LogP contribution in [-0.4, -0.2) is 40.5 Å². The summed E-state index contributed by atoms with van der Waals surface area (Å²) in [4.78, 5) is 13.4. The molecular weight excluding hydrogens is 381 g/mol. The lowest BCUT2D eigenvalue weighted by atomic mass is 10.2. The summed E-state index contributed by atoms with van der Waals surface area (Å²) in [6.07, 6.45) is 1.57. The van der Waals surface area contributed by atoms with Crippen LogP contribution in [-0.2, 0) is 11.3 Å². The molecule has 0 fully saturated rings. The van der Waals surface area contributed by atoms with Crippen LogP contribution in [0.2, 0.25) is 0 Å². The molecule has 0 radical (unpaired) electrons. The molecule has 2 heterocycles. The predicted molar refractivity (Wildman–Crippen MR) is 104 cm³/mol. The fourth-order valence-electron chi connectivity index (χ4n) is 2.53. The number of hydrogen-bond acceptors (Lipinski definition) is 5. The van der Waals surface area contributed by atoms with Gasteiger partial charge in [-0.25, -0.2) is 4.39 Å². The Labute approximate surface area is 166 Å². The minimum atomic E-state index is -0.309. The summed E-state index contributed by atoms with van der Waals surface area (Å²) in [5, 5.41) is 12.0. The Balaban J connectivity index is 1.76. The molecule has 7 nitrogen and oxygen atoms in total. The molecule has 2 N–H and O–H groups in total. The van der Waals surface area contributed by atoms with E-state index in [1.165, 1.54) is 28.8 Å². The molecule has 0 spiro atoms. The Kier molecular flexibility index (Phi) is 6.48. The Morgan fingerprint density at radius 1 is 1.29 bits per heavy atom. The van der Waals surface area contributed by atoms with E-state index in [-0.39, 0.29) is 23.5 Å². The van der Waals surface area contributed by atoms with E-state index in [1.54, 1.807) is 30.5 Å². The number of amides is 1. The van der Waals surface area contributed by atoms with E-state index in [2.05, 4.69) is 15.5 Å². The van der Waals surface area contributed by atoms with E-state index in [4.69, 9.17) is 4.42 Å². The Hall–Kier alpha value is -2.65.